The third-order valence-corrected chi connectivity index (χ3v) is 6.15. The first-order valence-electron chi connectivity index (χ1n) is 12.3. The number of hydrogen-bond acceptors (Lipinski definition) is 4. The lowest BCUT2D eigenvalue weighted by Gasteiger charge is -2.08. The van der Waals surface area contributed by atoms with E-state index in [4.69, 9.17) is 9.72 Å². The largest absolute Gasteiger partial charge is 0.486 e. The molecule has 6 aromatic rings. The van der Waals surface area contributed by atoms with E-state index in [1.165, 1.54) is 12.1 Å². The third-order valence-electron chi connectivity index (χ3n) is 6.15. The van der Waals surface area contributed by atoms with Crippen LogP contribution in [0.1, 0.15) is 11.3 Å². The maximum Gasteiger partial charge on any atom is 0.142 e. The predicted molar refractivity (Wildman–Crippen MR) is 145 cm³/mol. The van der Waals surface area contributed by atoms with Crippen LogP contribution in [0.5, 0.6) is 5.75 Å². The lowest BCUT2D eigenvalue weighted by Crippen LogP contribution is -2.00. The second-order valence-electron chi connectivity index (χ2n) is 8.86. The molecule has 0 atom stereocenters. The van der Waals surface area contributed by atoms with E-state index in [0.717, 1.165) is 33.6 Å². The van der Waals surface area contributed by atoms with E-state index in [1.54, 1.807) is 16.9 Å². The minimum Gasteiger partial charge on any atom is -0.486 e. The first kappa shape index (κ1) is 23.4. The van der Waals surface area contributed by atoms with E-state index < -0.39 is 0 Å². The van der Waals surface area contributed by atoms with Gasteiger partial charge >= 0.3 is 0 Å². The monoisotopic (exact) mass is 501 g/mol. The summed E-state index contributed by atoms with van der Waals surface area (Å²) >= 11 is 0. The molecule has 7 heteroatoms. The van der Waals surface area contributed by atoms with Gasteiger partial charge in [-0.15, -0.1) is 5.10 Å². The molecule has 6 rings (SSSR count). The highest BCUT2D eigenvalue weighted by molar-refractivity contribution is 5.82. The molecule has 0 saturated heterocycles. The molecule has 0 unspecified atom stereocenters. The highest BCUT2D eigenvalue weighted by Crippen LogP contribution is 2.36. The highest BCUT2D eigenvalue weighted by atomic mass is 19.1. The Morgan fingerprint density at radius 2 is 1.53 bits per heavy atom. The number of para-hydroxylation sites is 1. The molecule has 6 nitrogen and oxygen atoms in total. The molecule has 2 heterocycles. The average molecular weight is 502 g/mol. The van der Waals surface area contributed by atoms with Crippen molar-refractivity contribution in [1.29, 1.82) is 0 Å². The van der Waals surface area contributed by atoms with Crippen LogP contribution < -0.4 is 4.74 Å². The number of benzene rings is 4. The smallest absolute Gasteiger partial charge is 0.142 e. The second-order valence-corrected chi connectivity index (χ2v) is 8.86. The van der Waals surface area contributed by atoms with Gasteiger partial charge in [0.1, 0.15) is 29.7 Å². The van der Waals surface area contributed by atoms with Crippen molar-refractivity contribution >= 4 is 0 Å². The number of aromatic amines is 1. The van der Waals surface area contributed by atoms with Crippen LogP contribution in [0.2, 0.25) is 0 Å². The van der Waals surface area contributed by atoms with Gasteiger partial charge in [-0.25, -0.2) is 14.1 Å². The number of hydrogen-bond donors (Lipinski definition) is 1. The molecule has 0 aliphatic carbocycles. The highest BCUT2D eigenvalue weighted by Gasteiger charge is 2.17. The van der Waals surface area contributed by atoms with Gasteiger partial charge in [0.25, 0.3) is 0 Å². The lowest BCUT2D eigenvalue weighted by molar-refractivity contribution is 0.302. The zero-order valence-corrected chi connectivity index (χ0v) is 20.5. The maximum absolute atomic E-state index is 13.5. The van der Waals surface area contributed by atoms with Crippen LogP contribution in [0, 0.1) is 5.82 Å². The van der Waals surface area contributed by atoms with E-state index in [-0.39, 0.29) is 12.4 Å². The van der Waals surface area contributed by atoms with Gasteiger partial charge in [-0.1, -0.05) is 90.1 Å². The van der Waals surface area contributed by atoms with Crippen LogP contribution in [0.15, 0.2) is 115 Å². The molecule has 38 heavy (non-hydrogen) atoms. The Labute approximate surface area is 219 Å². The number of halogens is 1. The molecular weight excluding hydrogens is 477 g/mol. The standard InChI is InChI=1S/C31H24FN5O/c32-25-15-9-10-22(18-25)19-37-20-26(35-36-37)21-38-28-17-8-7-16-27(28)31-33-29(23-11-3-1-4-12-23)30(34-31)24-13-5-2-6-14-24/h1-18,20H,19,21H2,(H,33,34). The number of aromatic nitrogens is 5. The van der Waals surface area contributed by atoms with Crippen LogP contribution in [0.25, 0.3) is 33.9 Å². The van der Waals surface area contributed by atoms with Crippen molar-refractivity contribution < 1.29 is 9.13 Å². The topological polar surface area (TPSA) is 68.6 Å². The van der Waals surface area contributed by atoms with Gasteiger partial charge in [-0.3, -0.25) is 0 Å². The van der Waals surface area contributed by atoms with Crippen molar-refractivity contribution in [3.8, 4) is 39.7 Å². The van der Waals surface area contributed by atoms with Crippen molar-refractivity contribution in [3.63, 3.8) is 0 Å². The number of nitrogens with one attached hydrogen (secondary N) is 1. The van der Waals surface area contributed by atoms with Gasteiger partial charge in [0.15, 0.2) is 0 Å². The molecule has 1 N–H and O–H groups in total. The summed E-state index contributed by atoms with van der Waals surface area (Å²) in [6.07, 6.45) is 1.81. The summed E-state index contributed by atoms with van der Waals surface area (Å²) in [5.74, 6) is 1.12. The zero-order chi connectivity index (χ0) is 25.7. The molecule has 0 aliphatic rings. The SMILES string of the molecule is Fc1cccc(Cn2cc(COc3ccccc3-c3nc(-c4ccccc4)c(-c4ccccc4)[nH]3)nn2)c1. The Balaban J connectivity index is 1.27. The fourth-order valence-electron chi connectivity index (χ4n) is 4.36. The molecule has 0 spiro atoms. The van der Waals surface area contributed by atoms with E-state index in [2.05, 4.69) is 39.6 Å². The van der Waals surface area contributed by atoms with E-state index in [1.807, 2.05) is 66.7 Å². The molecule has 0 amide bonds. The summed E-state index contributed by atoms with van der Waals surface area (Å²) in [5, 5.41) is 8.38. The van der Waals surface area contributed by atoms with Gasteiger partial charge in [0.05, 0.1) is 29.7 Å². The molecular formula is C31H24FN5O. The molecule has 0 aliphatic heterocycles. The average Bonchev–Trinajstić information content (AvgIpc) is 3.61. The molecule has 186 valence electrons. The summed E-state index contributed by atoms with van der Waals surface area (Å²) < 4.78 is 21.4. The Morgan fingerprint density at radius 1 is 0.789 bits per heavy atom. The molecule has 2 aromatic heterocycles. The number of rotatable bonds is 8. The first-order chi connectivity index (χ1) is 18.7. The quantitative estimate of drug-likeness (QED) is 0.250. The Hall–Kier alpha value is -5.04. The van der Waals surface area contributed by atoms with Crippen LogP contribution in [0.4, 0.5) is 4.39 Å². The molecule has 0 bridgehead atoms. The number of nitrogens with zero attached hydrogens (tertiary/aromatic N) is 4. The van der Waals surface area contributed by atoms with E-state index in [0.29, 0.717) is 23.8 Å². The fraction of sp³-hybridized carbons (Fsp3) is 0.0645. The first-order valence-corrected chi connectivity index (χ1v) is 12.3. The number of ether oxygens (including phenoxy) is 1. The van der Waals surface area contributed by atoms with Gasteiger partial charge < -0.3 is 9.72 Å². The van der Waals surface area contributed by atoms with Crippen LogP contribution in [-0.2, 0) is 13.2 Å². The second kappa shape index (κ2) is 10.5. The summed E-state index contributed by atoms with van der Waals surface area (Å²) in [4.78, 5) is 8.54. The van der Waals surface area contributed by atoms with Crippen molar-refractivity contribution in [3.05, 3.63) is 132 Å². The lowest BCUT2D eigenvalue weighted by atomic mass is 10.1. The molecule has 0 radical (unpaired) electrons. The summed E-state index contributed by atoms with van der Waals surface area (Å²) in [5.41, 5.74) is 6.24. The van der Waals surface area contributed by atoms with Gasteiger partial charge in [0.2, 0.25) is 0 Å². The summed E-state index contributed by atoms with van der Waals surface area (Å²) in [6, 6.07) is 34.6. The normalized spacial score (nSPS) is 11.0. The Kier molecular flexibility index (Phi) is 6.47. The summed E-state index contributed by atoms with van der Waals surface area (Å²) in [6.45, 7) is 0.663. The van der Waals surface area contributed by atoms with Crippen molar-refractivity contribution in [2.45, 2.75) is 13.2 Å². The predicted octanol–water partition coefficient (Wildman–Crippen LogP) is 6.77. The van der Waals surface area contributed by atoms with Crippen LogP contribution in [0.3, 0.4) is 0 Å². The minimum absolute atomic E-state index is 0.234. The van der Waals surface area contributed by atoms with Gasteiger partial charge in [-0.05, 0) is 29.8 Å². The van der Waals surface area contributed by atoms with E-state index >= 15 is 0 Å². The molecule has 4 aromatic carbocycles. The van der Waals surface area contributed by atoms with Crippen LogP contribution >= 0.6 is 0 Å². The van der Waals surface area contributed by atoms with Crippen molar-refractivity contribution in [2.75, 3.05) is 0 Å². The third kappa shape index (κ3) is 5.08. The van der Waals surface area contributed by atoms with Gasteiger partial charge in [-0.2, -0.15) is 0 Å². The maximum atomic E-state index is 13.5. The van der Waals surface area contributed by atoms with Crippen molar-refractivity contribution in [1.82, 2.24) is 25.0 Å². The zero-order valence-electron chi connectivity index (χ0n) is 20.5. The molecule has 0 fully saturated rings. The summed E-state index contributed by atoms with van der Waals surface area (Å²) in [7, 11) is 0. The number of H-pyrrole nitrogens is 1. The van der Waals surface area contributed by atoms with Crippen LogP contribution in [-0.4, -0.2) is 25.0 Å². The minimum atomic E-state index is -0.272. The van der Waals surface area contributed by atoms with Gasteiger partial charge in [0, 0.05) is 11.1 Å². The molecule has 0 saturated carbocycles. The Bertz CT molecular complexity index is 1600. The fourth-order valence-corrected chi connectivity index (χ4v) is 4.36. The Morgan fingerprint density at radius 3 is 2.32 bits per heavy atom. The van der Waals surface area contributed by atoms with Crippen molar-refractivity contribution in [2.24, 2.45) is 0 Å². The van der Waals surface area contributed by atoms with E-state index in [9.17, 15) is 4.39 Å². The number of imidazole rings is 1.